The first-order valence-electron chi connectivity index (χ1n) is 5.69. The summed E-state index contributed by atoms with van der Waals surface area (Å²) in [5.74, 6) is 0.959. The predicted molar refractivity (Wildman–Crippen MR) is 66.4 cm³/mol. The van der Waals surface area contributed by atoms with E-state index in [4.69, 9.17) is 0 Å². The molecule has 1 heterocycles. The number of hydrogen-bond acceptors (Lipinski definition) is 2. The standard InChI is InChI=1S/C13H17N3/c1-2-4-11-5-3-6-12(9-11)16-10-13-14-7-8-15-13/h3,5-9,16H,2,4,10H2,1H3,(H,14,15). The molecule has 0 aliphatic rings. The van der Waals surface area contributed by atoms with Crippen LogP contribution < -0.4 is 5.32 Å². The minimum atomic E-state index is 0.739. The van der Waals surface area contributed by atoms with Gasteiger partial charge in [-0.3, -0.25) is 0 Å². The van der Waals surface area contributed by atoms with Gasteiger partial charge in [0, 0.05) is 18.1 Å². The van der Waals surface area contributed by atoms with Crippen molar-refractivity contribution in [3.05, 3.63) is 48.0 Å². The molecule has 1 aromatic heterocycles. The Hall–Kier alpha value is -1.77. The van der Waals surface area contributed by atoms with Crippen LogP contribution in [0.25, 0.3) is 0 Å². The van der Waals surface area contributed by atoms with Crippen LogP contribution in [0.4, 0.5) is 5.69 Å². The highest BCUT2D eigenvalue weighted by molar-refractivity contribution is 5.45. The van der Waals surface area contributed by atoms with E-state index in [1.165, 1.54) is 12.0 Å². The molecular weight excluding hydrogens is 198 g/mol. The summed E-state index contributed by atoms with van der Waals surface area (Å²) >= 11 is 0. The highest BCUT2D eigenvalue weighted by Crippen LogP contribution is 2.12. The fourth-order valence-corrected chi connectivity index (χ4v) is 1.71. The zero-order chi connectivity index (χ0) is 11.2. The Morgan fingerprint density at radius 1 is 1.38 bits per heavy atom. The van der Waals surface area contributed by atoms with Crippen molar-refractivity contribution in [1.82, 2.24) is 9.97 Å². The summed E-state index contributed by atoms with van der Waals surface area (Å²) in [5.41, 5.74) is 2.54. The molecule has 3 nitrogen and oxygen atoms in total. The number of anilines is 1. The second kappa shape index (κ2) is 5.35. The Bertz CT molecular complexity index is 421. The Kier molecular flexibility index (Phi) is 3.59. The fraction of sp³-hybridized carbons (Fsp3) is 0.308. The molecule has 0 radical (unpaired) electrons. The molecule has 0 spiro atoms. The Labute approximate surface area is 95.9 Å². The number of aromatic nitrogens is 2. The van der Waals surface area contributed by atoms with Gasteiger partial charge in [-0.1, -0.05) is 25.5 Å². The van der Waals surface area contributed by atoms with Gasteiger partial charge < -0.3 is 10.3 Å². The van der Waals surface area contributed by atoms with Gasteiger partial charge in [0.15, 0.2) is 0 Å². The third-order valence-corrected chi connectivity index (χ3v) is 2.48. The van der Waals surface area contributed by atoms with E-state index >= 15 is 0 Å². The lowest BCUT2D eigenvalue weighted by Crippen LogP contribution is -2.01. The minimum absolute atomic E-state index is 0.739. The van der Waals surface area contributed by atoms with Crippen LogP contribution in [-0.2, 0) is 13.0 Å². The van der Waals surface area contributed by atoms with Crippen LogP contribution in [0, 0.1) is 0 Å². The minimum Gasteiger partial charge on any atom is -0.378 e. The molecule has 84 valence electrons. The number of H-pyrrole nitrogens is 1. The number of imidazole rings is 1. The van der Waals surface area contributed by atoms with E-state index in [1.807, 2.05) is 6.20 Å². The molecule has 0 aliphatic carbocycles. The summed E-state index contributed by atoms with van der Waals surface area (Å²) < 4.78 is 0. The van der Waals surface area contributed by atoms with Crippen molar-refractivity contribution in [2.45, 2.75) is 26.3 Å². The second-order valence-electron chi connectivity index (χ2n) is 3.84. The smallest absolute Gasteiger partial charge is 0.125 e. The van der Waals surface area contributed by atoms with Crippen LogP contribution in [0.15, 0.2) is 36.7 Å². The normalized spacial score (nSPS) is 10.3. The molecule has 2 aromatic rings. The predicted octanol–water partition coefficient (Wildman–Crippen LogP) is 2.97. The van der Waals surface area contributed by atoms with Crippen LogP contribution >= 0.6 is 0 Å². The van der Waals surface area contributed by atoms with Crippen molar-refractivity contribution < 1.29 is 0 Å². The van der Waals surface area contributed by atoms with E-state index in [-0.39, 0.29) is 0 Å². The van der Waals surface area contributed by atoms with E-state index in [0.717, 1.165) is 24.5 Å². The van der Waals surface area contributed by atoms with Crippen LogP contribution in [0.5, 0.6) is 0 Å². The topological polar surface area (TPSA) is 40.7 Å². The van der Waals surface area contributed by atoms with Gasteiger partial charge >= 0.3 is 0 Å². The molecule has 3 heteroatoms. The number of aryl methyl sites for hydroxylation is 1. The first-order valence-corrected chi connectivity index (χ1v) is 5.69. The SMILES string of the molecule is CCCc1cccc(NCc2ncc[nH]2)c1. The third-order valence-electron chi connectivity index (χ3n) is 2.48. The fourth-order valence-electron chi connectivity index (χ4n) is 1.71. The van der Waals surface area contributed by atoms with E-state index in [0.29, 0.717) is 0 Å². The highest BCUT2D eigenvalue weighted by atomic mass is 15.0. The van der Waals surface area contributed by atoms with Crippen LogP contribution in [-0.4, -0.2) is 9.97 Å². The maximum atomic E-state index is 4.17. The zero-order valence-corrected chi connectivity index (χ0v) is 9.53. The number of rotatable bonds is 5. The first kappa shape index (κ1) is 10.7. The molecule has 0 saturated carbocycles. The summed E-state index contributed by atoms with van der Waals surface area (Å²) in [7, 11) is 0. The lowest BCUT2D eigenvalue weighted by molar-refractivity contribution is 0.920. The summed E-state index contributed by atoms with van der Waals surface area (Å²) in [4.78, 5) is 7.25. The van der Waals surface area contributed by atoms with E-state index in [9.17, 15) is 0 Å². The van der Waals surface area contributed by atoms with Gasteiger partial charge in [-0.15, -0.1) is 0 Å². The van der Waals surface area contributed by atoms with Crippen molar-refractivity contribution in [2.75, 3.05) is 5.32 Å². The molecule has 1 aromatic carbocycles. The lowest BCUT2D eigenvalue weighted by atomic mass is 10.1. The quantitative estimate of drug-likeness (QED) is 0.805. The summed E-state index contributed by atoms with van der Waals surface area (Å²) in [6.45, 7) is 2.94. The van der Waals surface area contributed by atoms with Gasteiger partial charge in [0.05, 0.1) is 6.54 Å². The van der Waals surface area contributed by atoms with E-state index in [2.05, 4.69) is 46.5 Å². The van der Waals surface area contributed by atoms with Crippen molar-refractivity contribution in [2.24, 2.45) is 0 Å². The molecule has 0 fully saturated rings. The molecule has 0 aliphatic heterocycles. The largest absolute Gasteiger partial charge is 0.378 e. The van der Waals surface area contributed by atoms with Crippen molar-refractivity contribution in [3.63, 3.8) is 0 Å². The first-order chi connectivity index (χ1) is 7.88. The average Bonchev–Trinajstić information content (AvgIpc) is 2.80. The molecule has 2 N–H and O–H groups in total. The van der Waals surface area contributed by atoms with Gasteiger partial charge in [-0.2, -0.15) is 0 Å². The Morgan fingerprint density at radius 3 is 3.06 bits per heavy atom. The van der Waals surface area contributed by atoms with Gasteiger partial charge in [0.25, 0.3) is 0 Å². The zero-order valence-electron chi connectivity index (χ0n) is 9.53. The highest BCUT2D eigenvalue weighted by Gasteiger charge is 1.97. The van der Waals surface area contributed by atoms with E-state index < -0.39 is 0 Å². The van der Waals surface area contributed by atoms with E-state index in [1.54, 1.807) is 6.20 Å². The number of benzene rings is 1. The van der Waals surface area contributed by atoms with Crippen LogP contribution in [0.2, 0.25) is 0 Å². The molecule has 0 bridgehead atoms. The molecule has 2 rings (SSSR count). The maximum Gasteiger partial charge on any atom is 0.125 e. The number of nitrogens with zero attached hydrogens (tertiary/aromatic N) is 1. The summed E-state index contributed by atoms with van der Waals surface area (Å²) in [6, 6.07) is 8.55. The van der Waals surface area contributed by atoms with Crippen LogP contribution in [0.3, 0.4) is 0 Å². The van der Waals surface area contributed by atoms with Gasteiger partial charge in [0.1, 0.15) is 5.82 Å². The molecule has 16 heavy (non-hydrogen) atoms. The summed E-state index contributed by atoms with van der Waals surface area (Å²) in [5, 5.41) is 3.35. The van der Waals surface area contributed by atoms with Gasteiger partial charge in [0.2, 0.25) is 0 Å². The molecular formula is C13H17N3. The average molecular weight is 215 g/mol. The molecule has 0 atom stereocenters. The Morgan fingerprint density at radius 2 is 2.31 bits per heavy atom. The van der Waals surface area contributed by atoms with Crippen LogP contribution in [0.1, 0.15) is 24.7 Å². The van der Waals surface area contributed by atoms with Crippen molar-refractivity contribution in [3.8, 4) is 0 Å². The number of aromatic amines is 1. The third kappa shape index (κ3) is 2.86. The maximum absolute atomic E-state index is 4.17. The summed E-state index contributed by atoms with van der Waals surface area (Å²) in [6.07, 6.45) is 5.92. The Balaban J connectivity index is 1.96. The van der Waals surface area contributed by atoms with Gasteiger partial charge in [-0.05, 0) is 24.1 Å². The molecule has 0 saturated heterocycles. The lowest BCUT2D eigenvalue weighted by Gasteiger charge is -2.06. The molecule has 0 amide bonds. The molecule has 0 unspecified atom stereocenters. The van der Waals surface area contributed by atoms with Gasteiger partial charge in [-0.25, -0.2) is 4.98 Å². The number of hydrogen-bond donors (Lipinski definition) is 2. The second-order valence-corrected chi connectivity index (χ2v) is 3.84. The van der Waals surface area contributed by atoms with Crippen molar-refractivity contribution >= 4 is 5.69 Å². The monoisotopic (exact) mass is 215 g/mol. The number of nitrogens with one attached hydrogen (secondary N) is 2. The van der Waals surface area contributed by atoms with Crippen molar-refractivity contribution in [1.29, 1.82) is 0 Å².